The van der Waals surface area contributed by atoms with Crippen molar-refractivity contribution >= 4 is 17.7 Å². The fraction of sp³-hybridized carbons (Fsp3) is 0.643. The first-order chi connectivity index (χ1) is 10.2. The molecule has 0 radical (unpaired) electrons. The number of carbonyl (C=O) groups excluding carboxylic acids is 1. The molecule has 0 saturated carbocycles. The molecule has 0 atom stereocenters. The molecule has 2 heterocycles. The topological polar surface area (TPSA) is 79.4 Å². The van der Waals surface area contributed by atoms with Crippen LogP contribution in [0.5, 0.6) is 0 Å². The van der Waals surface area contributed by atoms with Gasteiger partial charge in [-0.25, -0.2) is 9.78 Å². The van der Waals surface area contributed by atoms with E-state index in [1.807, 2.05) is 13.8 Å². The van der Waals surface area contributed by atoms with Crippen LogP contribution >= 0.6 is 0 Å². The maximum absolute atomic E-state index is 11.6. The maximum Gasteiger partial charge on any atom is 0.409 e. The van der Waals surface area contributed by atoms with Gasteiger partial charge in [-0.3, -0.25) is 4.98 Å². The third-order valence-corrected chi connectivity index (χ3v) is 3.37. The van der Waals surface area contributed by atoms with Gasteiger partial charge in [0.2, 0.25) is 0 Å². The minimum Gasteiger partial charge on any atom is -0.450 e. The molecule has 0 aliphatic carbocycles. The molecule has 1 fully saturated rings. The Labute approximate surface area is 125 Å². The van der Waals surface area contributed by atoms with Crippen LogP contribution in [0.3, 0.4) is 0 Å². The SMILES string of the molecule is CCNc1cncc(NC2CCN(C(=O)OCC)CC2)n1. The van der Waals surface area contributed by atoms with Gasteiger partial charge in [-0.15, -0.1) is 0 Å². The number of anilines is 2. The van der Waals surface area contributed by atoms with Crippen molar-refractivity contribution in [2.75, 3.05) is 36.9 Å². The Kier molecular flexibility index (Phi) is 5.59. The first-order valence-corrected chi connectivity index (χ1v) is 7.47. The smallest absolute Gasteiger partial charge is 0.409 e. The molecule has 1 saturated heterocycles. The van der Waals surface area contributed by atoms with Gasteiger partial charge in [-0.2, -0.15) is 0 Å². The van der Waals surface area contributed by atoms with E-state index in [1.54, 1.807) is 17.3 Å². The van der Waals surface area contributed by atoms with E-state index in [9.17, 15) is 4.79 Å². The van der Waals surface area contributed by atoms with Crippen molar-refractivity contribution in [2.24, 2.45) is 0 Å². The van der Waals surface area contributed by atoms with Crippen LogP contribution in [0.4, 0.5) is 16.4 Å². The summed E-state index contributed by atoms with van der Waals surface area (Å²) in [6, 6.07) is 0.307. The number of piperidine rings is 1. The highest BCUT2D eigenvalue weighted by atomic mass is 16.6. The van der Waals surface area contributed by atoms with E-state index in [2.05, 4.69) is 20.6 Å². The van der Waals surface area contributed by atoms with Crippen LogP contribution in [0.1, 0.15) is 26.7 Å². The maximum atomic E-state index is 11.6. The van der Waals surface area contributed by atoms with Gasteiger partial charge in [0.05, 0.1) is 19.0 Å². The minimum absolute atomic E-state index is 0.218. The highest BCUT2D eigenvalue weighted by Crippen LogP contribution is 2.16. The Balaban J connectivity index is 1.83. The van der Waals surface area contributed by atoms with Crippen LogP contribution in [0.25, 0.3) is 0 Å². The number of hydrogen-bond acceptors (Lipinski definition) is 6. The molecule has 2 N–H and O–H groups in total. The van der Waals surface area contributed by atoms with E-state index < -0.39 is 0 Å². The fourth-order valence-corrected chi connectivity index (χ4v) is 2.33. The molecule has 1 amide bonds. The summed E-state index contributed by atoms with van der Waals surface area (Å²) in [5.74, 6) is 1.54. The van der Waals surface area contributed by atoms with Crippen LogP contribution in [0.2, 0.25) is 0 Å². The summed E-state index contributed by atoms with van der Waals surface area (Å²) >= 11 is 0. The summed E-state index contributed by atoms with van der Waals surface area (Å²) in [7, 11) is 0. The van der Waals surface area contributed by atoms with Crippen molar-refractivity contribution in [3.05, 3.63) is 12.4 Å². The van der Waals surface area contributed by atoms with Gasteiger partial charge < -0.3 is 20.3 Å². The third kappa shape index (κ3) is 4.47. The van der Waals surface area contributed by atoms with Crippen LogP contribution in [-0.2, 0) is 4.74 Å². The standard InChI is InChI=1S/C14H23N5O2/c1-3-16-12-9-15-10-13(18-12)17-11-5-7-19(8-6-11)14(20)21-4-2/h9-11H,3-8H2,1-2H3,(H2,16,17,18). The highest BCUT2D eigenvalue weighted by Gasteiger charge is 2.23. The Morgan fingerprint density at radius 3 is 2.71 bits per heavy atom. The summed E-state index contributed by atoms with van der Waals surface area (Å²) < 4.78 is 5.01. The van der Waals surface area contributed by atoms with Gasteiger partial charge >= 0.3 is 6.09 Å². The third-order valence-electron chi connectivity index (χ3n) is 3.37. The lowest BCUT2D eigenvalue weighted by atomic mass is 10.1. The average Bonchev–Trinajstić information content (AvgIpc) is 2.49. The molecule has 21 heavy (non-hydrogen) atoms. The number of likely N-dealkylation sites (tertiary alicyclic amines) is 1. The van der Waals surface area contributed by atoms with Gasteiger partial charge in [-0.1, -0.05) is 0 Å². The zero-order valence-corrected chi connectivity index (χ0v) is 12.6. The van der Waals surface area contributed by atoms with Crippen molar-refractivity contribution < 1.29 is 9.53 Å². The molecule has 2 rings (SSSR count). The number of ether oxygens (including phenoxy) is 1. The van der Waals surface area contributed by atoms with Crippen LogP contribution in [0.15, 0.2) is 12.4 Å². The van der Waals surface area contributed by atoms with Crippen molar-refractivity contribution in [3.63, 3.8) is 0 Å². The van der Waals surface area contributed by atoms with Crippen LogP contribution in [0, 0.1) is 0 Å². The van der Waals surface area contributed by atoms with E-state index in [-0.39, 0.29) is 6.09 Å². The molecule has 116 valence electrons. The molecule has 1 aliphatic heterocycles. The quantitative estimate of drug-likeness (QED) is 0.863. The van der Waals surface area contributed by atoms with Crippen LogP contribution in [-0.4, -0.2) is 53.2 Å². The molecule has 0 unspecified atom stereocenters. The monoisotopic (exact) mass is 293 g/mol. The molecule has 0 spiro atoms. The van der Waals surface area contributed by atoms with Gasteiger partial charge in [-0.05, 0) is 26.7 Å². The predicted molar refractivity (Wildman–Crippen MR) is 81.4 cm³/mol. The van der Waals surface area contributed by atoms with Gasteiger partial charge in [0.25, 0.3) is 0 Å². The van der Waals surface area contributed by atoms with Gasteiger partial charge in [0.1, 0.15) is 11.6 Å². The molecular formula is C14H23N5O2. The predicted octanol–water partition coefficient (Wildman–Crippen LogP) is 1.94. The second-order valence-corrected chi connectivity index (χ2v) is 4.92. The Morgan fingerprint density at radius 1 is 1.33 bits per heavy atom. The molecule has 1 aromatic heterocycles. The summed E-state index contributed by atoms with van der Waals surface area (Å²) in [5.41, 5.74) is 0. The summed E-state index contributed by atoms with van der Waals surface area (Å²) in [4.78, 5) is 22.0. The Bertz CT molecular complexity index is 460. The largest absolute Gasteiger partial charge is 0.450 e. The molecular weight excluding hydrogens is 270 g/mol. The number of nitrogens with zero attached hydrogens (tertiary/aromatic N) is 3. The molecule has 7 heteroatoms. The number of amides is 1. The second kappa shape index (κ2) is 7.66. The van der Waals surface area contributed by atoms with Crippen LogP contribution < -0.4 is 10.6 Å². The molecule has 0 aromatic carbocycles. The number of rotatable bonds is 5. The number of hydrogen-bond donors (Lipinski definition) is 2. The summed E-state index contributed by atoms with van der Waals surface area (Å²) in [6.45, 7) is 6.49. The van der Waals surface area contributed by atoms with E-state index in [4.69, 9.17) is 4.74 Å². The molecule has 0 bridgehead atoms. The van der Waals surface area contributed by atoms with E-state index >= 15 is 0 Å². The average molecular weight is 293 g/mol. The fourth-order valence-electron chi connectivity index (χ4n) is 2.33. The lowest BCUT2D eigenvalue weighted by Crippen LogP contribution is -2.42. The Morgan fingerprint density at radius 2 is 2.05 bits per heavy atom. The summed E-state index contributed by atoms with van der Waals surface area (Å²) in [6.07, 6.45) is 4.97. The number of nitrogens with one attached hydrogen (secondary N) is 2. The first kappa shape index (κ1) is 15.3. The van der Waals surface area contributed by atoms with Crippen molar-refractivity contribution in [3.8, 4) is 0 Å². The normalized spacial score (nSPS) is 15.6. The van der Waals surface area contributed by atoms with Gasteiger partial charge in [0.15, 0.2) is 0 Å². The highest BCUT2D eigenvalue weighted by molar-refractivity contribution is 5.67. The first-order valence-electron chi connectivity index (χ1n) is 7.47. The van der Waals surface area contributed by atoms with Crippen molar-refractivity contribution in [2.45, 2.75) is 32.7 Å². The molecule has 1 aliphatic rings. The second-order valence-electron chi connectivity index (χ2n) is 4.92. The van der Waals surface area contributed by atoms with Gasteiger partial charge in [0, 0.05) is 25.7 Å². The minimum atomic E-state index is -0.218. The van der Waals surface area contributed by atoms with Crippen molar-refractivity contribution in [1.82, 2.24) is 14.9 Å². The van der Waals surface area contributed by atoms with E-state index in [0.29, 0.717) is 25.7 Å². The summed E-state index contributed by atoms with van der Waals surface area (Å²) in [5, 5.41) is 6.52. The molecule has 1 aromatic rings. The number of aromatic nitrogens is 2. The van der Waals surface area contributed by atoms with Crippen molar-refractivity contribution in [1.29, 1.82) is 0 Å². The lowest BCUT2D eigenvalue weighted by Gasteiger charge is -2.31. The Hall–Kier alpha value is -2.05. The number of carbonyl (C=O) groups is 1. The molecule has 7 nitrogen and oxygen atoms in total. The zero-order valence-electron chi connectivity index (χ0n) is 12.6. The van der Waals surface area contributed by atoms with E-state index in [0.717, 1.165) is 31.0 Å². The van der Waals surface area contributed by atoms with E-state index in [1.165, 1.54) is 0 Å². The lowest BCUT2D eigenvalue weighted by molar-refractivity contribution is 0.0983. The zero-order chi connectivity index (χ0) is 15.1.